The van der Waals surface area contributed by atoms with Crippen LogP contribution in [0.5, 0.6) is 0 Å². The summed E-state index contributed by atoms with van der Waals surface area (Å²) in [5.74, 6) is 0.395. The van der Waals surface area contributed by atoms with Gasteiger partial charge in [-0.2, -0.15) is 0 Å². The number of nitrogens with zero attached hydrogens (tertiary/aromatic N) is 2. The summed E-state index contributed by atoms with van der Waals surface area (Å²) >= 11 is 0. The highest BCUT2D eigenvalue weighted by atomic mass is 16.1. The summed E-state index contributed by atoms with van der Waals surface area (Å²) in [5.41, 5.74) is 7.50. The fraction of sp³-hybridized carbons (Fsp3) is 0.579. The van der Waals surface area contributed by atoms with Crippen LogP contribution in [-0.4, -0.2) is 50.5 Å². The molecule has 6 heteroatoms. The quantitative estimate of drug-likeness (QED) is 0.325. The van der Waals surface area contributed by atoms with Gasteiger partial charge in [0.25, 0.3) is 5.91 Å². The van der Waals surface area contributed by atoms with Gasteiger partial charge in [-0.25, -0.2) is 4.99 Å². The van der Waals surface area contributed by atoms with E-state index < -0.39 is 0 Å². The molecule has 0 heterocycles. The first kappa shape index (κ1) is 21.0. The second-order valence-electron chi connectivity index (χ2n) is 6.45. The number of unbranched alkanes of at least 4 members (excludes halogenated alkanes) is 3. The smallest absolute Gasteiger partial charge is 0.251 e. The van der Waals surface area contributed by atoms with Crippen LogP contribution in [-0.2, 0) is 6.54 Å². The standard InChI is InChI=1S/C19H33N5O/c1-4-5-6-7-11-22-19(20)23-15-16-9-8-10-17(14-16)18(25)21-12-13-24(2)3/h8-10,14H,4-7,11-13,15H2,1-3H3,(H,21,25)(H3,20,22,23). The minimum absolute atomic E-state index is 0.0605. The lowest BCUT2D eigenvalue weighted by Crippen LogP contribution is -2.32. The van der Waals surface area contributed by atoms with Crippen LogP contribution in [0, 0.1) is 0 Å². The van der Waals surface area contributed by atoms with Gasteiger partial charge in [0, 0.05) is 25.2 Å². The fourth-order valence-corrected chi connectivity index (χ4v) is 2.31. The molecule has 0 fully saturated rings. The molecule has 0 atom stereocenters. The third-order valence-corrected chi connectivity index (χ3v) is 3.80. The van der Waals surface area contributed by atoms with Crippen LogP contribution in [0.2, 0.25) is 0 Å². The van der Waals surface area contributed by atoms with Crippen molar-refractivity contribution in [3.05, 3.63) is 35.4 Å². The normalized spacial score (nSPS) is 11.6. The van der Waals surface area contributed by atoms with Crippen molar-refractivity contribution in [1.82, 2.24) is 15.5 Å². The average Bonchev–Trinajstić information content (AvgIpc) is 2.59. The highest BCUT2D eigenvalue weighted by molar-refractivity contribution is 5.94. The first-order valence-corrected chi connectivity index (χ1v) is 9.08. The molecule has 0 unspecified atom stereocenters. The van der Waals surface area contributed by atoms with Gasteiger partial charge in [-0.3, -0.25) is 4.79 Å². The highest BCUT2D eigenvalue weighted by Crippen LogP contribution is 2.06. The number of carbonyl (C=O) groups is 1. The Morgan fingerprint density at radius 1 is 1.16 bits per heavy atom. The van der Waals surface area contributed by atoms with E-state index in [4.69, 9.17) is 5.73 Å². The van der Waals surface area contributed by atoms with Crippen LogP contribution in [0.1, 0.15) is 48.5 Å². The van der Waals surface area contributed by atoms with Crippen LogP contribution >= 0.6 is 0 Å². The summed E-state index contributed by atoms with van der Waals surface area (Å²) in [7, 11) is 3.96. The molecule has 25 heavy (non-hydrogen) atoms. The predicted octanol–water partition coefficient (Wildman–Crippen LogP) is 1.96. The molecule has 1 aromatic carbocycles. The fourth-order valence-electron chi connectivity index (χ4n) is 2.31. The number of rotatable bonds is 11. The summed E-state index contributed by atoms with van der Waals surface area (Å²) in [6.45, 7) is 4.95. The van der Waals surface area contributed by atoms with Gasteiger partial charge in [0.05, 0.1) is 6.54 Å². The predicted molar refractivity (Wildman–Crippen MR) is 105 cm³/mol. The molecule has 0 saturated carbocycles. The number of nitrogens with one attached hydrogen (secondary N) is 2. The minimum Gasteiger partial charge on any atom is -0.370 e. The van der Waals surface area contributed by atoms with Crippen molar-refractivity contribution in [2.24, 2.45) is 10.7 Å². The van der Waals surface area contributed by atoms with E-state index in [-0.39, 0.29) is 5.91 Å². The Hall–Kier alpha value is -2.08. The van der Waals surface area contributed by atoms with E-state index in [2.05, 4.69) is 22.5 Å². The van der Waals surface area contributed by atoms with Crippen LogP contribution in [0.15, 0.2) is 29.3 Å². The molecule has 0 aliphatic rings. The monoisotopic (exact) mass is 347 g/mol. The number of amides is 1. The number of carbonyl (C=O) groups excluding carboxylic acids is 1. The van der Waals surface area contributed by atoms with Crippen molar-refractivity contribution in [3.8, 4) is 0 Å². The number of hydrogen-bond acceptors (Lipinski definition) is 3. The summed E-state index contributed by atoms with van der Waals surface area (Å²) < 4.78 is 0. The molecular formula is C19H33N5O. The molecule has 0 radical (unpaired) electrons. The lowest BCUT2D eigenvalue weighted by molar-refractivity contribution is 0.0951. The van der Waals surface area contributed by atoms with Crippen molar-refractivity contribution in [2.45, 2.75) is 39.2 Å². The van der Waals surface area contributed by atoms with Crippen molar-refractivity contribution in [2.75, 3.05) is 33.7 Å². The first-order valence-electron chi connectivity index (χ1n) is 9.08. The van der Waals surface area contributed by atoms with E-state index in [1.54, 1.807) is 0 Å². The second-order valence-corrected chi connectivity index (χ2v) is 6.45. The van der Waals surface area contributed by atoms with Crippen molar-refractivity contribution < 1.29 is 4.79 Å². The van der Waals surface area contributed by atoms with Crippen molar-refractivity contribution >= 4 is 11.9 Å². The summed E-state index contributed by atoms with van der Waals surface area (Å²) in [4.78, 5) is 18.5. The minimum atomic E-state index is -0.0605. The maximum absolute atomic E-state index is 12.1. The van der Waals surface area contributed by atoms with Crippen LogP contribution < -0.4 is 16.4 Å². The number of guanidine groups is 1. The summed E-state index contributed by atoms with van der Waals surface area (Å²) in [5, 5.41) is 6.04. The molecule has 0 bridgehead atoms. The Balaban J connectivity index is 2.43. The molecule has 4 N–H and O–H groups in total. The number of aliphatic imine (C=N–C) groups is 1. The number of nitrogens with two attached hydrogens (primary N) is 1. The Morgan fingerprint density at radius 3 is 2.68 bits per heavy atom. The average molecular weight is 348 g/mol. The van der Waals surface area contributed by atoms with Crippen LogP contribution in [0.4, 0.5) is 0 Å². The molecule has 6 nitrogen and oxygen atoms in total. The summed E-state index contributed by atoms with van der Waals surface area (Å²) in [6.07, 6.45) is 4.79. The van der Waals surface area contributed by atoms with Gasteiger partial charge in [0.15, 0.2) is 5.96 Å². The van der Waals surface area contributed by atoms with Crippen LogP contribution in [0.25, 0.3) is 0 Å². The van der Waals surface area contributed by atoms with E-state index in [1.165, 1.54) is 19.3 Å². The number of benzene rings is 1. The molecule has 0 spiro atoms. The molecular weight excluding hydrogens is 314 g/mol. The van der Waals surface area contributed by atoms with Gasteiger partial charge in [0.2, 0.25) is 0 Å². The van der Waals surface area contributed by atoms with Crippen molar-refractivity contribution in [1.29, 1.82) is 0 Å². The number of hydrogen-bond donors (Lipinski definition) is 3. The molecule has 0 aliphatic carbocycles. The Labute approximate surface area is 151 Å². The zero-order chi connectivity index (χ0) is 18.5. The lowest BCUT2D eigenvalue weighted by Gasteiger charge is -2.11. The van der Waals surface area contributed by atoms with E-state index in [1.807, 2.05) is 43.3 Å². The molecule has 1 amide bonds. The van der Waals surface area contributed by atoms with Gasteiger partial charge in [-0.05, 0) is 38.2 Å². The number of likely N-dealkylation sites (N-methyl/N-ethyl adjacent to an activating group) is 1. The van der Waals surface area contributed by atoms with Gasteiger partial charge in [0.1, 0.15) is 0 Å². The molecule has 1 rings (SSSR count). The Kier molecular flexibility index (Phi) is 10.3. The topological polar surface area (TPSA) is 82.7 Å². The molecule has 140 valence electrons. The SMILES string of the molecule is CCCCCCNC(N)=NCc1cccc(C(=O)NCCN(C)C)c1. The van der Waals surface area contributed by atoms with Gasteiger partial charge >= 0.3 is 0 Å². The molecule has 0 aliphatic heterocycles. The van der Waals surface area contributed by atoms with Crippen LogP contribution in [0.3, 0.4) is 0 Å². The third kappa shape index (κ3) is 9.72. The maximum Gasteiger partial charge on any atom is 0.251 e. The lowest BCUT2D eigenvalue weighted by atomic mass is 10.1. The van der Waals surface area contributed by atoms with Crippen molar-refractivity contribution in [3.63, 3.8) is 0 Å². The molecule has 0 aromatic heterocycles. The highest BCUT2D eigenvalue weighted by Gasteiger charge is 2.05. The van der Waals surface area contributed by atoms with E-state index >= 15 is 0 Å². The zero-order valence-corrected chi connectivity index (χ0v) is 15.8. The van der Waals surface area contributed by atoms with E-state index in [0.29, 0.717) is 24.6 Å². The van der Waals surface area contributed by atoms with Gasteiger partial charge in [-0.1, -0.05) is 38.3 Å². The summed E-state index contributed by atoms with van der Waals surface area (Å²) in [6, 6.07) is 7.51. The first-order chi connectivity index (χ1) is 12.0. The van der Waals surface area contributed by atoms with Gasteiger partial charge < -0.3 is 21.3 Å². The van der Waals surface area contributed by atoms with Gasteiger partial charge in [-0.15, -0.1) is 0 Å². The van der Waals surface area contributed by atoms with E-state index in [0.717, 1.165) is 25.1 Å². The Bertz CT molecular complexity index is 542. The van der Waals surface area contributed by atoms with E-state index in [9.17, 15) is 4.79 Å². The zero-order valence-electron chi connectivity index (χ0n) is 15.8. The third-order valence-electron chi connectivity index (χ3n) is 3.80. The molecule has 0 saturated heterocycles. The largest absolute Gasteiger partial charge is 0.370 e. The Morgan fingerprint density at radius 2 is 1.96 bits per heavy atom. The molecule has 1 aromatic rings. The maximum atomic E-state index is 12.1. The second kappa shape index (κ2) is 12.3.